The summed E-state index contributed by atoms with van der Waals surface area (Å²) in [6, 6.07) is 0. The van der Waals surface area contributed by atoms with Gasteiger partial charge < -0.3 is 9.84 Å². The molecule has 1 rings (SSSR count). The molecule has 1 unspecified atom stereocenters. The molecule has 0 radical (unpaired) electrons. The first-order valence-corrected chi connectivity index (χ1v) is 4.76. The normalized spacial score (nSPS) is 16.5. The number of ether oxygens (including phenoxy) is 1. The van der Waals surface area contributed by atoms with E-state index in [1.165, 1.54) is 0 Å². The number of carboxylic acid groups (broad SMARTS) is 1. The average Bonchev–Trinajstić information content (AvgIpc) is 2.65. The molecule has 0 aromatic heterocycles. The smallest absolute Gasteiger partial charge is 0.330 e. The van der Waals surface area contributed by atoms with Crippen molar-refractivity contribution >= 4 is 11.9 Å². The third kappa shape index (κ3) is 2.94. The van der Waals surface area contributed by atoms with Crippen LogP contribution in [0, 0.1) is 5.92 Å². The summed E-state index contributed by atoms with van der Waals surface area (Å²) >= 11 is 0. The van der Waals surface area contributed by atoms with Crippen LogP contribution >= 0.6 is 0 Å². The van der Waals surface area contributed by atoms with Crippen molar-refractivity contribution in [2.24, 2.45) is 10.9 Å². The zero-order chi connectivity index (χ0) is 11.4. The second-order valence-corrected chi connectivity index (χ2v) is 3.58. The lowest BCUT2D eigenvalue weighted by atomic mass is 9.94. The predicted octanol–water partition coefficient (Wildman–Crippen LogP) is 1.64. The molecule has 0 aliphatic carbocycles. The molecule has 82 valence electrons. The Labute approximate surface area is 89.0 Å². The number of carbonyl (C=O) groups is 1. The SMILES string of the molecule is C=C(CC(C(=C)C)C1=NCCO1)C(=O)O. The van der Waals surface area contributed by atoms with Gasteiger partial charge >= 0.3 is 5.97 Å². The minimum atomic E-state index is -0.986. The summed E-state index contributed by atoms with van der Waals surface area (Å²) in [5.74, 6) is -0.555. The van der Waals surface area contributed by atoms with Crippen molar-refractivity contribution in [3.05, 3.63) is 24.3 Å². The first-order valence-electron chi connectivity index (χ1n) is 4.76. The largest absolute Gasteiger partial charge is 0.479 e. The molecular weight excluding hydrogens is 194 g/mol. The van der Waals surface area contributed by atoms with E-state index < -0.39 is 5.97 Å². The fourth-order valence-electron chi connectivity index (χ4n) is 1.37. The molecule has 1 aliphatic heterocycles. The van der Waals surface area contributed by atoms with Crippen molar-refractivity contribution in [2.75, 3.05) is 13.2 Å². The molecule has 0 amide bonds. The fraction of sp³-hybridized carbons (Fsp3) is 0.455. The van der Waals surface area contributed by atoms with Crippen LogP contribution in [0.1, 0.15) is 13.3 Å². The number of nitrogens with zero attached hydrogens (tertiary/aromatic N) is 1. The van der Waals surface area contributed by atoms with Gasteiger partial charge in [-0.2, -0.15) is 0 Å². The first-order chi connectivity index (χ1) is 7.02. The Balaban J connectivity index is 2.71. The van der Waals surface area contributed by atoms with Crippen molar-refractivity contribution in [2.45, 2.75) is 13.3 Å². The van der Waals surface area contributed by atoms with Gasteiger partial charge in [-0.1, -0.05) is 18.7 Å². The summed E-state index contributed by atoms with van der Waals surface area (Å²) in [5.41, 5.74) is 0.999. The van der Waals surface area contributed by atoms with E-state index in [0.717, 1.165) is 5.57 Å². The summed E-state index contributed by atoms with van der Waals surface area (Å²) < 4.78 is 5.31. The number of rotatable bonds is 5. The molecule has 1 N–H and O–H groups in total. The van der Waals surface area contributed by atoms with E-state index in [1.807, 2.05) is 6.92 Å². The van der Waals surface area contributed by atoms with Crippen molar-refractivity contribution in [3.8, 4) is 0 Å². The Bertz CT molecular complexity index is 331. The van der Waals surface area contributed by atoms with E-state index in [1.54, 1.807) is 0 Å². The minimum Gasteiger partial charge on any atom is -0.479 e. The van der Waals surface area contributed by atoms with Gasteiger partial charge in [0.1, 0.15) is 6.61 Å². The second kappa shape index (κ2) is 4.77. The Hall–Kier alpha value is -1.58. The van der Waals surface area contributed by atoms with Crippen LogP contribution in [-0.4, -0.2) is 30.1 Å². The standard InChI is InChI=1S/C11H15NO3/c1-7(2)9(6-8(3)11(13)14)10-12-4-5-15-10/h9H,1,3-6H2,2H3,(H,13,14). The van der Waals surface area contributed by atoms with Gasteiger partial charge in [-0.05, 0) is 13.3 Å². The zero-order valence-corrected chi connectivity index (χ0v) is 8.82. The Morgan fingerprint density at radius 2 is 2.33 bits per heavy atom. The van der Waals surface area contributed by atoms with Crippen molar-refractivity contribution < 1.29 is 14.6 Å². The molecule has 15 heavy (non-hydrogen) atoms. The van der Waals surface area contributed by atoms with Gasteiger partial charge in [-0.3, -0.25) is 4.99 Å². The molecule has 0 saturated carbocycles. The summed E-state index contributed by atoms with van der Waals surface area (Å²) in [6.45, 7) is 10.4. The summed E-state index contributed by atoms with van der Waals surface area (Å²) in [7, 11) is 0. The minimum absolute atomic E-state index is 0.154. The highest BCUT2D eigenvalue weighted by atomic mass is 16.5. The van der Waals surface area contributed by atoms with Crippen molar-refractivity contribution in [1.82, 2.24) is 0 Å². The maximum Gasteiger partial charge on any atom is 0.330 e. The van der Waals surface area contributed by atoms with Crippen molar-refractivity contribution in [1.29, 1.82) is 0 Å². The molecule has 0 spiro atoms. The third-order valence-corrected chi connectivity index (χ3v) is 2.25. The van der Waals surface area contributed by atoms with E-state index in [4.69, 9.17) is 9.84 Å². The Kier molecular flexibility index (Phi) is 3.66. The number of hydrogen-bond acceptors (Lipinski definition) is 3. The Morgan fingerprint density at radius 3 is 2.73 bits per heavy atom. The van der Waals surface area contributed by atoms with Crippen LogP contribution in [0.5, 0.6) is 0 Å². The topological polar surface area (TPSA) is 58.9 Å². The molecular formula is C11H15NO3. The highest BCUT2D eigenvalue weighted by molar-refractivity contribution is 5.89. The van der Waals surface area contributed by atoms with Gasteiger partial charge in [0.15, 0.2) is 5.90 Å². The molecule has 0 aromatic carbocycles. The number of aliphatic imine (C=N–C) groups is 1. The number of carboxylic acids is 1. The van der Waals surface area contributed by atoms with Gasteiger partial charge in [-0.15, -0.1) is 0 Å². The molecule has 4 nitrogen and oxygen atoms in total. The van der Waals surface area contributed by atoms with Gasteiger partial charge in [0.25, 0.3) is 0 Å². The highest BCUT2D eigenvalue weighted by Gasteiger charge is 2.23. The lowest BCUT2D eigenvalue weighted by Gasteiger charge is -2.16. The van der Waals surface area contributed by atoms with E-state index in [-0.39, 0.29) is 11.5 Å². The van der Waals surface area contributed by atoms with Crippen LogP contribution in [-0.2, 0) is 9.53 Å². The first kappa shape index (κ1) is 11.5. The lowest BCUT2D eigenvalue weighted by molar-refractivity contribution is -0.132. The lowest BCUT2D eigenvalue weighted by Crippen LogP contribution is -2.18. The summed E-state index contributed by atoms with van der Waals surface area (Å²) in [4.78, 5) is 14.8. The van der Waals surface area contributed by atoms with Crippen LogP contribution in [0.3, 0.4) is 0 Å². The van der Waals surface area contributed by atoms with Crippen LogP contribution in [0.25, 0.3) is 0 Å². The summed E-state index contributed by atoms with van der Waals surface area (Å²) in [6.07, 6.45) is 0.309. The molecule has 0 bridgehead atoms. The molecule has 1 heterocycles. The van der Waals surface area contributed by atoms with E-state index >= 15 is 0 Å². The van der Waals surface area contributed by atoms with E-state index in [9.17, 15) is 4.79 Å². The molecule has 0 saturated heterocycles. The van der Waals surface area contributed by atoms with Gasteiger partial charge in [-0.25, -0.2) is 4.79 Å². The second-order valence-electron chi connectivity index (χ2n) is 3.58. The molecule has 1 aliphatic rings. The van der Waals surface area contributed by atoms with E-state index in [0.29, 0.717) is 25.5 Å². The number of hydrogen-bond donors (Lipinski definition) is 1. The number of aliphatic carboxylic acids is 1. The van der Waals surface area contributed by atoms with Crippen LogP contribution in [0.15, 0.2) is 29.3 Å². The van der Waals surface area contributed by atoms with Gasteiger partial charge in [0.05, 0.1) is 12.5 Å². The molecule has 0 aromatic rings. The zero-order valence-electron chi connectivity index (χ0n) is 8.82. The third-order valence-electron chi connectivity index (χ3n) is 2.25. The van der Waals surface area contributed by atoms with Gasteiger partial charge in [0, 0.05) is 5.57 Å². The van der Waals surface area contributed by atoms with Gasteiger partial charge in [0.2, 0.25) is 0 Å². The van der Waals surface area contributed by atoms with Crippen molar-refractivity contribution in [3.63, 3.8) is 0 Å². The average molecular weight is 209 g/mol. The fourth-order valence-corrected chi connectivity index (χ4v) is 1.37. The van der Waals surface area contributed by atoms with Crippen LogP contribution < -0.4 is 0 Å². The monoisotopic (exact) mass is 209 g/mol. The molecule has 0 fully saturated rings. The molecule has 4 heteroatoms. The summed E-state index contributed by atoms with van der Waals surface area (Å²) in [5, 5.41) is 8.75. The Morgan fingerprint density at radius 1 is 1.67 bits per heavy atom. The maximum absolute atomic E-state index is 10.7. The highest BCUT2D eigenvalue weighted by Crippen LogP contribution is 2.22. The predicted molar refractivity (Wildman–Crippen MR) is 58.0 cm³/mol. The quantitative estimate of drug-likeness (QED) is 0.553. The maximum atomic E-state index is 10.7. The van der Waals surface area contributed by atoms with Crippen LogP contribution in [0.4, 0.5) is 0 Å². The van der Waals surface area contributed by atoms with Crippen LogP contribution in [0.2, 0.25) is 0 Å². The van der Waals surface area contributed by atoms with E-state index in [2.05, 4.69) is 18.2 Å². The molecule has 1 atom stereocenters.